The van der Waals surface area contributed by atoms with E-state index in [9.17, 15) is 4.39 Å². The summed E-state index contributed by atoms with van der Waals surface area (Å²) in [4.78, 5) is 0.125. The first-order valence-corrected chi connectivity index (χ1v) is 6.87. The van der Waals surface area contributed by atoms with Gasteiger partial charge in [-0.3, -0.25) is 0 Å². The molecule has 0 atom stereocenters. The third-order valence-corrected chi connectivity index (χ3v) is 4.09. The maximum absolute atomic E-state index is 13.2. The number of halogens is 3. The molecule has 19 heavy (non-hydrogen) atoms. The Morgan fingerprint density at radius 1 is 1.26 bits per heavy atom. The van der Waals surface area contributed by atoms with Crippen molar-refractivity contribution in [2.75, 3.05) is 5.32 Å². The SMILES string of the molecule is NC(=S)c1cc(F)ccc1Nc1cccc(Cl)c1Br. The summed E-state index contributed by atoms with van der Waals surface area (Å²) >= 11 is 14.3. The Balaban J connectivity index is 2.44. The topological polar surface area (TPSA) is 38.0 Å². The Morgan fingerprint density at radius 2 is 2.00 bits per heavy atom. The van der Waals surface area contributed by atoms with Gasteiger partial charge in [-0.15, -0.1) is 0 Å². The van der Waals surface area contributed by atoms with Gasteiger partial charge in [0.05, 0.1) is 15.2 Å². The van der Waals surface area contributed by atoms with E-state index in [1.165, 1.54) is 12.1 Å². The van der Waals surface area contributed by atoms with Crippen LogP contribution in [0.15, 0.2) is 40.9 Å². The molecule has 0 saturated heterocycles. The fourth-order valence-electron chi connectivity index (χ4n) is 1.57. The maximum atomic E-state index is 13.2. The van der Waals surface area contributed by atoms with Crippen LogP contribution in [0.2, 0.25) is 5.02 Å². The second kappa shape index (κ2) is 5.86. The quantitative estimate of drug-likeness (QED) is 0.785. The van der Waals surface area contributed by atoms with Crippen LogP contribution in [0, 0.1) is 5.82 Å². The van der Waals surface area contributed by atoms with Crippen LogP contribution in [0.3, 0.4) is 0 Å². The first-order chi connectivity index (χ1) is 8.99. The number of hydrogen-bond donors (Lipinski definition) is 2. The first-order valence-electron chi connectivity index (χ1n) is 5.29. The van der Waals surface area contributed by atoms with E-state index in [4.69, 9.17) is 29.6 Å². The summed E-state index contributed by atoms with van der Waals surface area (Å²) in [7, 11) is 0. The van der Waals surface area contributed by atoms with Crippen molar-refractivity contribution in [3.8, 4) is 0 Å². The largest absolute Gasteiger partial charge is 0.389 e. The van der Waals surface area contributed by atoms with Crippen molar-refractivity contribution in [2.24, 2.45) is 5.73 Å². The van der Waals surface area contributed by atoms with Gasteiger partial charge >= 0.3 is 0 Å². The molecule has 98 valence electrons. The van der Waals surface area contributed by atoms with Gasteiger partial charge in [-0.25, -0.2) is 4.39 Å². The molecule has 0 heterocycles. The van der Waals surface area contributed by atoms with Gasteiger partial charge in [0.25, 0.3) is 0 Å². The lowest BCUT2D eigenvalue weighted by Crippen LogP contribution is -2.12. The second-order valence-electron chi connectivity index (χ2n) is 3.78. The number of nitrogens with two attached hydrogens (primary N) is 1. The van der Waals surface area contributed by atoms with E-state index in [0.29, 0.717) is 16.3 Å². The number of thiocarbonyl (C=S) groups is 1. The van der Waals surface area contributed by atoms with Gasteiger partial charge in [-0.1, -0.05) is 29.9 Å². The minimum absolute atomic E-state index is 0.125. The van der Waals surface area contributed by atoms with Crippen molar-refractivity contribution in [1.82, 2.24) is 0 Å². The van der Waals surface area contributed by atoms with Crippen LogP contribution < -0.4 is 11.1 Å². The Labute approximate surface area is 128 Å². The van der Waals surface area contributed by atoms with E-state index >= 15 is 0 Å². The zero-order valence-electron chi connectivity index (χ0n) is 9.58. The van der Waals surface area contributed by atoms with Crippen LogP contribution in [0.1, 0.15) is 5.56 Å². The molecule has 0 amide bonds. The lowest BCUT2D eigenvalue weighted by atomic mass is 10.1. The van der Waals surface area contributed by atoms with Gasteiger partial charge in [-0.2, -0.15) is 0 Å². The maximum Gasteiger partial charge on any atom is 0.124 e. The highest BCUT2D eigenvalue weighted by atomic mass is 79.9. The van der Waals surface area contributed by atoms with Gasteiger partial charge in [0, 0.05) is 11.3 Å². The number of nitrogens with one attached hydrogen (secondary N) is 1. The third-order valence-electron chi connectivity index (χ3n) is 2.47. The van der Waals surface area contributed by atoms with Crippen LogP contribution in [-0.4, -0.2) is 4.99 Å². The summed E-state index contributed by atoms with van der Waals surface area (Å²) < 4.78 is 13.9. The minimum Gasteiger partial charge on any atom is -0.389 e. The van der Waals surface area contributed by atoms with E-state index in [2.05, 4.69) is 21.2 Å². The molecule has 0 unspecified atom stereocenters. The summed E-state index contributed by atoms with van der Waals surface area (Å²) in [6.45, 7) is 0. The highest BCUT2D eigenvalue weighted by Gasteiger charge is 2.10. The fourth-order valence-corrected chi connectivity index (χ4v) is 2.28. The van der Waals surface area contributed by atoms with Crippen molar-refractivity contribution in [3.63, 3.8) is 0 Å². The zero-order chi connectivity index (χ0) is 14.0. The molecule has 6 heteroatoms. The molecule has 2 aromatic rings. The minimum atomic E-state index is -0.390. The summed E-state index contributed by atoms with van der Waals surface area (Å²) in [5, 5.41) is 3.70. The van der Waals surface area contributed by atoms with Crippen molar-refractivity contribution in [2.45, 2.75) is 0 Å². The van der Waals surface area contributed by atoms with Gasteiger partial charge in [0.15, 0.2) is 0 Å². The summed E-state index contributed by atoms with van der Waals surface area (Å²) in [6.07, 6.45) is 0. The molecule has 0 aromatic heterocycles. The van der Waals surface area contributed by atoms with Crippen LogP contribution in [-0.2, 0) is 0 Å². The second-order valence-corrected chi connectivity index (χ2v) is 5.42. The van der Waals surface area contributed by atoms with Crippen molar-refractivity contribution >= 4 is 56.1 Å². The van der Waals surface area contributed by atoms with Crippen molar-refractivity contribution in [3.05, 3.63) is 57.3 Å². The average Bonchev–Trinajstić information content (AvgIpc) is 2.36. The first kappa shape index (κ1) is 14.2. The number of rotatable bonds is 3. The monoisotopic (exact) mass is 358 g/mol. The standard InChI is InChI=1S/C13H9BrClFN2S/c14-12-9(15)2-1-3-11(12)18-10-5-4-7(16)6-8(10)13(17)19/h1-6,18H,(H2,17,19). The third kappa shape index (κ3) is 3.23. The van der Waals surface area contributed by atoms with Gasteiger partial charge in [-0.05, 0) is 46.3 Å². The fraction of sp³-hybridized carbons (Fsp3) is 0. The normalized spacial score (nSPS) is 10.3. The molecule has 2 rings (SSSR count). The molecule has 0 radical (unpaired) electrons. The Hall–Kier alpha value is -1.17. The Morgan fingerprint density at radius 3 is 2.68 bits per heavy atom. The Bertz CT molecular complexity index is 649. The van der Waals surface area contributed by atoms with Crippen LogP contribution in [0.25, 0.3) is 0 Å². The average molecular weight is 360 g/mol. The smallest absolute Gasteiger partial charge is 0.124 e. The lowest BCUT2D eigenvalue weighted by molar-refractivity contribution is 0.628. The molecular formula is C13H9BrClFN2S. The van der Waals surface area contributed by atoms with Crippen molar-refractivity contribution in [1.29, 1.82) is 0 Å². The Kier molecular flexibility index (Phi) is 4.39. The molecular weight excluding hydrogens is 351 g/mol. The van der Waals surface area contributed by atoms with Gasteiger partial charge < -0.3 is 11.1 Å². The van der Waals surface area contributed by atoms with Crippen LogP contribution >= 0.6 is 39.7 Å². The van der Waals surface area contributed by atoms with E-state index < -0.39 is 5.82 Å². The summed E-state index contributed by atoms with van der Waals surface area (Å²) in [5.74, 6) is -0.390. The molecule has 3 N–H and O–H groups in total. The van der Waals surface area contributed by atoms with Gasteiger partial charge in [0.2, 0.25) is 0 Å². The van der Waals surface area contributed by atoms with Crippen LogP contribution in [0.4, 0.5) is 15.8 Å². The number of hydrogen-bond acceptors (Lipinski definition) is 2. The molecule has 0 spiro atoms. The predicted molar refractivity (Wildman–Crippen MR) is 84.7 cm³/mol. The van der Waals surface area contributed by atoms with Crippen LogP contribution in [0.5, 0.6) is 0 Å². The molecule has 2 nitrogen and oxygen atoms in total. The van der Waals surface area contributed by atoms with Crippen molar-refractivity contribution < 1.29 is 4.39 Å². The molecule has 0 fully saturated rings. The molecule has 2 aromatic carbocycles. The number of benzene rings is 2. The number of anilines is 2. The molecule has 0 aliphatic rings. The highest BCUT2D eigenvalue weighted by Crippen LogP contribution is 2.33. The molecule has 0 aliphatic carbocycles. The molecule has 0 saturated carbocycles. The van der Waals surface area contributed by atoms with E-state index in [-0.39, 0.29) is 4.99 Å². The summed E-state index contributed by atoms with van der Waals surface area (Å²) in [5.41, 5.74) is 7.41. The summed E-state index contributed by atoms with van der Waals surface area (Å²) in [6, 6.07) is 9.61. The van der Waals surface area contributed by atoms with Gasteiger partial charge in [0.1, 0.15) is 10.8 Å². The molecule has 0 aliphatic heterocycles. The highest BCUT2D eigenvalue weighted by molar-refractivity contribution is 9.10. The predicted octanol–water partition coefficient (Wildman–Crippen LogP) is 4.62. The zero-order valence-corrected chi connectivity index (χ0v) is 12.7. The molecule has 0 bridgehead atoms. The van der Waals surface area contributed by atoms with E-state index in [1.807, 2.05) is 6.07 Å². The lowest BCUT2D eigenvalue weighted by Gasteiger charge is -2.13. The van der Waals surface area contributed by atoms with E-state index in [1.54, 1.807) is 18.2 Å². The van der Waals surface area contributed by atoms with E-state index in [0.717, 1.165) is 10.2 Å².